The molecule has 0 aliphatic carbocycles. The minimum absolute atomic E-state index is 0.00147. The first-order chi connectivity index (χ1) is 14.1. The van der Waals surface area contributed by atoms with E-state index in [-0.39, 0.29) is 17.1 Å². The summed E-state index contributed by atoms with van der Waals surface area (Å²) in [6.07, 6.45) is 1.91. The highest BCUT2D eigenvalue weighted by Crippen LogP contribution is 2.47. The molecule has 0 atom stereocenters. The van der Waals surface area contributed by atoms with E-state index in [1.165, 1.54) is 6.07 Å². The highest BCUT2D eigenvalue weighted by Gasteiger charge is 2.46. The Balaban J connectivity index is 1.53. The second-order valence-electron chi connectivity index (χ2n) is 8.33. The van der Waals surface area contributed by atoms with Crippen LogP contribution in [0.3, 0.4) is 0 Å². The number of carbonyl (C=O) groups is 1. The van der Waals surface area contributed by atoms with Gasteiger partial charge in [-0.2, -0.15) is 0 Å². The largest absolute Gasteiger partial charge is 0.307 e. The van der Waals surface area contributed by atoms with Crippen molar-refractivity contribution in [3.8, 4) is 0 Å². The SMILES string of the molecule is CCN1CCC2(CC1)CN(C(=O)c1ccc3ccccc3c1)c1ccc(F)cc12. The first kappa shape index (κ1) is 18.3. The van der Waals surface area contributed by atoms with Crippen LogP contribution in [-0.2, 0) is 5.41 Å². The highest BCUT2D eigenvalue weighted by molar-refractivity contribution is 6.09. The second kappa shape index (κ2) is 6.96. The summed E-state index contributed by atoms with van der Waals surface area (Å²) in [5, 5.41) is 2.18. The average Bonchev–Trinajstić information content (AvgIpc) is 3.06. The van der Waals surface area contributed by atoms with Crippen LogP contribution in [-0.4, -0.2) is 37.0 Å². The van der Waals surface area contributed by atoms with Gasteiger partial charge in [-0.3, -0.25) is 4.79 Å². The number of amides is 1. The first-order valence-electron chi connectivity index (χ1n) is 10.4. The molecule has 4 heteroatoms. The molecule has 3 aromatic rings. The van der Waals surface area contributed by atoms with Crippen molar-refractivity contribution in [2.24, 2.45) is 0 Å². The van der Waals surface area contributed by atoms with Gasteiger partial charge in [0.1, 0.15) is 5.82 Å². The Hall–Kier alpha value is -2.72. The normalized spacial score (nSPS) is 18.3. The maximum absolute atomic E-state index is 14.2. The van der Waals surface area contributed by atoms with Crippen LogP contribution in [0.25, 0.3) is 10.8 Å². The van der Waals surface area contributed by atoms with Crippen molar-refractivity contribution in [2.75, 3.05) is 31.1 Å². The van der Waals surface area contributed by atoms with Gasteiger partial charge in [0.2, 0.25) is 0 Å². The number of benzene rings is 3. The van der Waals surface area contributed by atoms with Crippen LogP contribution in [0.5, 0.6) is 0 Å². The van der Waals surface area contributed by atoms with E-state index in [4.69, 9.17) is 0 Å². The zero-order valence-corrected chi connectivity index (χ0v) is 16.7. The highest BCUT2D eigenvalue weighted by atomic mass is 19.1. The minimum atomic E-state index is -0.221. The maximum atomic E-state index is 14.2. The fourth-order valence-electron chi connectivity index (χ4n) is 5.03. The van der Waals surface area contributed by atoms with Crippen LogP contribution in [0.2, 0.25) is 0 Å². The van der Waals surface area contributed by atoms with Crippen molar-refractivity contribution in [3.05, 3.63) is 77.6 Å². The van der Waals surface area contributed by atoms with Gasteiger partial charge >= 0.3 is 0 Å². The third kappa shape index (κ3) is 3.03. The molecule has 1 saturated heterocycles. The van der Waals surface area contributed by atoms with Crippen LogP contribution in [0.15, 0.2) is 60.7 Å². The summed E-state index contributed by atoms with van der Waals surface area (Å²) in [4.78, 5) is 17.8. The average molecular weight is 388 g/mol. The number of likely N-dealkylation sites (tertiary alicyclic amines) is 1. The number of hydrogen-bond acceptors (Lipinski definition) is 2. The van der Waals surface area contributed by atoms with Gasteiger partial charge in [-0.1, -0.05) is 37.3 Å². The van der Waals surface area contributed by atoms with E-state index in [1.54, 1.807) is 12.1 Å². The lowest BCUT2D eigenvalue weighted by Gasteiger charge is -2.39. The number of halogens is 1. The lowest BCUT2D eigenvalue weighted by molar-refractivity contribution is 0.0977. The van der Waals surface area contributed by atoms with Crippen LogP contribution in [0, 0.1) is 5.82 Å². The van der Waals surface area contributed by atoms with E-state index >= 15 is 0 Å². The Kier molecular flexibility index (Phi) is 4.39. The summed E-state index contributed by atoms with van der Waals surface area (Å²) >= 11 is 0. The van der Waals surface area contributed by atoms with E-state index in [2.05, 4.69) is 11.8 Å². The number of nitrogens with zero attached hydrogens (tertiary/aromatic N) is 2. The van der Waals surface area contributed by atoms with Gasteiger partial charge in [0.15, 0.2) is 0 Å². The molecule has 0 radical (unpaired) electrons. The summed E-state index contributed by atoms with van der Waals surface area (Å²) in [7, 11) is 0. The van der Waals surface area contributed by atoms with Gasteiger partial charge in [0.05, 0.1) is 0 Å². The van der Waals surface area contributed by atoms with Crippen LogP contribution < -0.4 is 4.90 Å². The fraction of sp³-hybridized carbons (Fsp3) is 0.320. The number of rotatable bonds is 2. The van der Waals surface area contributed by atoms with Gasteiger partial charge in [-0.15, -0.1) is 0 Å². The van der Waals surface area contributed by atoms with Gasteiger partial charge in [-0.25, -0.2) is 4.39 Å². The topological polar surface area (TPSA) is 23.6 Å². The number of carbonyl (C=O) groups excluding carboxylic acids is 1. The molecular formula is C25H25FN2O. The smallest absolute Gasteiger partial charge is 0.258 e. The fourth-order valence-corrected chi connectivity index (χ4v) is 5.03. The number of fused-ring (bicyclic) bond motifs is 3. The molecule has 3 aromatic carbocycles. The lowest BCUT2D eigenvalue weighted by atomic mass is 9.74. The Morgan fingerprint density at radius 1 is 1.00 bits per heavy atom. The van der Waals surface area contributed by atoms with E-state index in [9.17, 15) is 9.18 Å². The molecule has 0 aromatic heterocycles. The minimum Gasteiger partial charge on any atom is -0.307 e. The maximum Gasteiger partial charge on any atom is 0.258 e. The Bertz CT molecular complexity index is 1090. The van der Waals surface area contributed by atoms with Crippen molar-refractivity contribution in [2.45, 2.75) is 25.2 Å². The molecule has 29 heavy (non-hydrogen) atoms. The molecule has 1 fully saturated rings. The van der Waals surface area contributed by atoms with Crippen molar-refractivity contribution in [1.82, 2.24) is 4.90 Å². The summed E-state index contributed by atoms with van der Waals surface area (Å²) in [5.41, 5.74) is 2.41. The molecule has 1 amide bonds. The molecule has 1 spiro atoms. The molecule has 5 rings (SSSR count). The third-order valence-electron chi connectivity index (χ3n) is 6.78. The van der Waals surface area contributed by atoms with E-state index in [0.717, 1.165) is 54.5 Å². The number of anilines is 1. The molecule has 0 unspecified atom stereocenters. The van der Waals surface area contributed by atoms with E-state index < -0.39 is 0 Å². The van der Waals surface area contributed by atoms with Crippen LogP contribution >= 0.6 is 0 Å². The predicted molar refractivity (Wildman–Crippen MR) is 115 cm³/mol. The molecule has 3 nitrogen and oxygen atoms in total. The summed E-state index contributed by atoms with van der Waals surface area (Å²) < 4.78 is 14.2. The summed E-state index contributed by atoms with van der Waals surface area (Å²) in [5.74, 6) is -0.223. The quantitative estimate of drug-likeness (QED) is 0.617. The summed E-state index contributed by atoms with van der Waals surface area (Å²) in [6.45, 7) is 5.82. The second-order valence-corrected chi connectivity index (χ2v) is 8.33. The van der Waals surface area contributed by atoms with Crippen LogP contribution in [0.4, 0.5) is 10.1 Å². The van der Waals surface area contributed by atoms with Gasteiger partial charge in [0.25, 0.3) is 5.91 Å². The zero-order valence-electron chi connectivity index (χ0n) is 16.7. The molecule has 0 saturated carbocycles. The number of piperidine rings is 1. The Morgan fingerprint density at radius 3 is 2.52 bits per heavy atom. The Labute approximate surface area is 170 Å². The monoisotopic (exact) mass is 388 g/mol. The third-order valence-corrected chi connectivity index (χ3v) is 6.78. The van der Waals surface area contributed by atoms with E-state index in [0.29, 0.717) is 12.1 Å². The van der Waals surface area contributed by atoms with Crippen molar-refractivity contribution < 1.29 is 9.18 Å². The van der Waals surface area contributed by atoms with Crippen molar-refractivity contribution in [3.63, 3.8) is 0 Å². The van der Waals surface area contributed by atoms with Gasteiger partial charge < -0.3 is 9.80 Å². The molecule has 2 aliphatic heterocycles. The molecule has 2 aliphatic rings. The Morgan fingerprint density at radius 2 is 1.76 bits per heavy atom. The first-order valence-corrected chi connectivity index (χ1v) is 10.4. The van der Waals surface area contributed by atoms with Crippen molar-refractivity contribution in [1.29, 1.82) is 0 Å². The molecular weight excluding hydrogens is 363 g/mol. The lowest BCUT2D eigenvalue weighted by Crippen LogP contribution is -2.46. The molecule has 0 N–H and O–H groups in total. The standard InChI is InChI=1S/C25H25FN2O/c1-2-27-13-11-25(12-14-27)17-28(23-10-9-21(26)16-22(23)25)24(29)20-8-7-18-5-3-4-6-19(18)15-20/h3-10,15-16H,2,11-14,17H2,1H3. The van der Waals surface area contributed by atoms with E-state index in [1.807, 2.05) is 47.4 Å². The number of hydrogen-bond donors (Lipinski definition) is 0. The van der Waals surface area contributed by atoms with Gasteiger partial charge in [0, 0.05) is 23.2 Å². The van der Waals surface area contributed by atoms with Crippen molar-refractivity contribution >= 4 is 22.4 Å². The van der Waals surface area contributed by atoms with Crippen LogP contribution in [0.1, 0.15) is 35.7 Å². The van der Waals surface area contributed by atoms with Gasteiger partial charge in [-0.05, 0) is 79.1 Å². The predicted octanol–water partition coefficient (Wildman–Crippen LogP) is 4.99. The molecule has 0 bridgehead atoms. The molecule has 148 valence electrons. The molecule has 2 heterocycles. The summed E-state index contributed by atoms with van der Waals surface area (Å²) in [6, 6.07) is 18.8. The zero-order chi connectivity index (χ0) is 20.0.